The molecule has 1 amide bonds. The monoisotopic (exact) mass is 238 g/mol. The van der Waals surface area contributed by atoms with Crippen LogP contribution in [0.25, 0.3) is 0 Å². The van der Waals surface area contributed by atoms with Crippen LogP contribution in [0.4, 0.5) is 10.1 Å². The van der Waals surface area contributed by atoms with Crippen LogP contribution in [-0.2, 0) is 4.79 Å². The van der Waals surface area contributed by atoms with Crippen LogP contribution in [0.5, 0.6) is 0 Å². The molecule has 3 N–H and O–H groups in total. The maximum atomic E-state index is 13.0. The fraction of sp³-hybridized carbons (Fsp3) is 0.273. The van der Waals surface area contributed by atoms with Gasteiger partial charge in [0, 0.05) is 19.0 Å². The number of carboxylic acid groups (broad SMARTS) is 1. The van der Waals surface area contributed by atoms with Gasteiger partial charge in [-0.05, 0) is 18.2 Å². The summed E-state index contributed by atoms with van der Waals surface area (Å²) in [7, 11) is 0. The number of hydrogen-bond acceptors (Lipinski definition) is 3. The lowest BCUT2D eigenvalue weighted by Crippen LogP contribution is -2.29. The van der Waals surface area contributed by atoms with Crippen LogP contribution in [0.3, 0.4) is 0 Å². The molecule has 17 heavy (non-hydrogen) atoms. The molecule has 1 aliphatic heterocycles. The minimum atomic E-state index is -1.27. The van der Waals surface area contributed by atoms with Crippen molar-refractivity contribution in [2.75, 3.05) is 11.4 Å². The average molecular weight is 238 g/mol. The molecule has 5 nitrogen and oxygen atoms in total. The molecule has 1 aromatic rings. The fourth-order valence-corrected chi connectivity index (χ4v) is 1.88. The van der Waals surface area contributed by atoms with Crippen LogP contribution < -0.4 is 10.6 Å². The molecule has 90 valence electrons. The molecule has 0 spiro atoms. The van der Waals surface area contributed by atoms with E-state index >= 15 is 0 Å². The summed E-state index contributed by atoms with van der Waals surface area (Å²) in [5, 5.41) is 8.97. The molecule has 1 unspecified atom stereocenters. The topological polar surface area (TPSA) is 83.6 Å². The van der Waals surface area contributed by atoms with Crippen molar-refractivity contribution in [2.45, 2.75) is 12.5 Å². The first-order valence-corrected chi connectivity index (χ1v) is 5.08. The Bertz CT molecular complexity index is 490. The first-order valence-electron chi connectivity index (χ1n) is 5.08. The Morgan fingerprint density at radius 3 is 2.76 bits per heavy atom. The Labute approximate surface area is 96.6 Å². The lowest BCUT2D eigenvalue weighted by molar-refractivity contribution is -0.117. The standard InChI is InChI=1S/C11H11FN2O3/c12-6-1-2-9(8(3-6)11(16)17)14-5-7(13)4-10(14)15/h1-3,7H,4-5,13H2,(H,16,17). The third-order valence-corrected chi connectivity index (χ3v) is 2.63. The van der Waals surface area contributed by atoms with E-state index in [2.05, 4.69) is 0 Å². The summed E-state index contributed by atoms with van der Waals surface area (Å²) in [4.78, 5) is 23.9. The van der Waals surface area contributed by atoms with Crippen LogP contribution in [0.2, 0.25) is 0 Å². The van der Waals surface area contributed by atoms with Gasteiger partial charge in [0.15, 0.2) is 0 Å². The predicted molar refractivity (Wildman–Crippen MR) is 58.3 cm³/mol. The third-order valence-electron chi connectivity index (χ3n) is 2.63. The van der Waals surface area contributed by atoms with E-state index in [1.165, 1.54) is 11.0 Å². The van der Waals surface area contributed by atoms with Crippen molar-refractivity contribution in [1.82, 2.24) is 0 Å². The van der Waals surface area contributed by atoms with E-state index in [9.17, 15) is 14.0 Å². The number of halogens is 1. The third kappa shape index (κ3) is 2.12. The molecule has 0 bridgehead atoms. The number of carbonyl (C=O) groups is 2. The summed E-state index contributed by atoms with van der Waals surface area (Å²) in [5.41, 5.74) is 5.59. The highest BCUT2D eigenvalue weighted by atomic mass is 19.1. The van der Waals surface area contributed by atoms with Crippen LogP contribution in [-0.4, -0.2) is 29.6 Å². The highest BCUT2D eigenvalue weighted by Gasteiger charge is 2.30. The van der Waals surface area contributed by atoms with Crippen molar-refractivity contribution in [3.05, 3.63) is 29.6 Å². The molecule has 0 aromatic heterocycles. The van der Waals surface area contributed by atoms with Crippen LogP contribution in [0, 0.1) is 5.82 Å². The van der Waals surface area contributed by atoms with Crippen molar-refractivity contribution in [3.63, 3.8) is 0 Å². The Kier molecular flexibility index (Phi) is 2.81. The molecule has 1 atom stereocenters. The normalized spacial score (nSPS) is 19.8. The maximum absolute atomic E-state index is 13.0. The number of aromatic carboxylic acids is 1. The summed E-state index contributed by atoms with van der Waals surface area (Å²) in [6.45, 7) is 0.255. The van der Waals surface area contributed by atoms with Gasteiger partial charge in [0.05, 0.1) is 11.3 Å². The van der Waals surface area contributed by atoms with Crippen LogP contribution in [0.1, 0.15) is 16.8 Å². The van der Waals surface area contributed by atoms with E-state index in [1.54, 1.807) is 0 Å². The molecule has 1 saturated heterocycles. The van der Waals surface area contributed by atoms with Gasteiger partial charge in [-0.2, -0.15) is 0 Å². The molecular formula is C11H11FN2O3. The number of rotatable bonds is 2. The van der Waals surface area contributed by atoms with Gasteiger partial charge < -0.3 is 15.7 Å². The lowest BCUT2D eigenvalue weighted by atomic mass is 10.1. The predicted octanol–water partition coefficient (Wildman–Crippen LogP) is 0.588. The minimum absolute atomic E-state index is 0.177. The number of benzene rings is 1. The summed E-state index contributed by atoms with van der Waals surface area (Å²) in [6, 6.07) is 3.00. The van der Waals surface area contributed by atoms with Gasteiger partial charge in [0.2, 0.25) is 5.91 Å². The second-order valence-electron chi connectivity index (χ2n) is 3.94. The van der Waals surface area contributed by atoms with Crippen molar-refractivity contribution in [3.8, 4) is 0 Å². The van der Waals surface area contributed by atoms with Gasteiger partial charge in [-0.1, -0.05) is 0 Å². The number of nitrogens with two attached hydrogens (primary N) is 1. The first kappa shape index (κ1) is 11.5. The van der Waals surface area contributed by atoms with Crippen molar-refractivity contribution in [1.29, 1.82) is 0 Å². The summed E-state index contributed by atoms with van der Waals surface area (Å²) in [5.74, 6) is -2.17. The molecule has 0 saturated carbocycles. The largest absolute Gasteiger partial charge is 0.478 e. The summed E-state index contributed by atoms with van der Waals surface area (Å²) >= 11 is 0. The molecule has 2 rings (SSSR count). The number of hydrogen-bond donors (Lipinski definition) is 2. The fourth-order valence-electron chi connectivity index (χ4n) is 1.88. The number of anilines is 1. The zero-order valence-corrected chi connectivity index (χ0v) is 8.89. The van der Waals surface area contributed by atoms with Gasteiger partial charge in [-0.3, -0.25) is 4.79 Å². The quantitative estimate of drug-likeness (QED) is 0.789. The lowest BCUT2D eigenvalue weighted by Gasteiger charge is -2.18. The van der Waals surface area contributed by atoms with Crippen molar-refractivity contribution in [2.24, 2.45) is 5.73 Å². The zero-order valence-electron chi connectivity index (χ0n) is 8.89. The minimum Gasteiger partial charge on any atom is -0.478 e. The van der Waals surface area contributed by atoms with Gasteiger partial charge >= 0.3 is 5.97 Å². The first-order chi connectivity index (χ1) is 7.99. The molecule has 1 fully saturated rings. The van der Waals surface area contributed by atoms with E-state index < -0.39 is 11.8 Å². The van der Waals surface area contributed by atoms with E-state index in [0.717, 1.165) is 12.1 Å². The van der Waals surface area contributed by atoms with E-state index in [0.29, 0.717) is 0 Å². The smallest absolute Gasteiger partial charge is 0.337 e. The molecule has 0 aliphatic carbocycles. The molecule has 6 heteroatoms. The number of amides is 1. The highest BCUT2D eigenvalue weighted by Crippen LogP contribution is 2.26. The second-order valence-corrected chi connectivity index (χ2v) is 3.94. The Morgan fingerprint density at radius 1 is 1.53 bits per heavy atom. The van der Waals surface area contributed by atoms with Crippen LogP contribution in [0.15, 0.2) is 18.2 Å². The zero-order chi connectivity index (χ0) is 12.6. The number of carboxylic acids is 1. The van der Waals surface area contributed by atoms with Gasteiger partial charge in [0.25, 0.3) is 0 Å². The summed E-state index contributed by atoms with van der Waals surface area (Å²) < 4.78 is 13.0. The Hall–Kier alpha value is -1.95. The molecule has 1 aromatic carbocycles. The van der Waals surface area contributed by atoms with Crippen molar-refractivity contribution < 1.29 is 19.1 Å². The average Bonchev–Trinajstić information content (AvgIpc) is 2.57. The van der Waals surface area contributed by atoms with E-state index in [-0.39, 0.29) is 36.2 Å². The van der Waals surface area contributed by atoms with Gasteiger partial charge in [0.1, 0.15) is 5.82 Å². The highest BCUT2D eigenvalue weighted by molar-refractivity contribution is 6.03. The summed E-state index contributed by atoms with van der Waals surface area (Å²) in [6.07, 6.45) is 0.177. The van der Waals surface area contributed by atoms with Gasteiger partial charge in [-0.25, -0.2) is 9.18 Å². The maximum Gasteiger partial charge on any atom is 0.337 e. The second kappa shape index (κ2) is 4.14. The number of nitrogens with zero attached hydrogens (tertiary/aromatic N) is 1. The molecule has 1 aliphatic rings. The SMILES string of the molecule is NC1CC(=O)N(c2ccc(F)cc2C(=O)O)C1. The number of carbonyl (C=O) groups excluding carboxylic acids is 1. The molecule has 1 heterocycles. The molecular weight excluding hydrogens is 227 g/mol. The van der Waals surface area contributed by atoms with Crippen molar-refractivity contribution >= 4 is 17.6 Å². The van der Waals surface area contributed by atoms with E-state index in [1.807, 2.05) is 0 Å². The van der Waals surface area contributed by atoms with Gasteiger partial charge in [-0.15, -0.1) is 0 Å². The van der Waals surface area contributed by atoms with E-state index in [4.69, 9.17) is 10.8 Å². The molecule has 0 radical (unpaired) electrons. The van der Waals surface area contributed by atoms with Crippen LogP contribution >= 0.6 is 0 Å². The Morgan fingerprint density at radius 2 is 2.24 bits per heavy atom. The Balaban J connectivity index is 2.45.